The summed E-state index contributed by atoms with van der Waals surface area (Å²) in [6.45, 7) is 4.70. The molecule has 3 aromatic rings. The molecule has 3 heterocycles. The van der Waals surface area contributed by atoms with E-state index in [1.54, 1.807) is 20.8 Å². The number of aromatic nitrogens is 1. The van der Waals surface area contributed by atoms with E-state index < -0.39 is 48.1 Å². The lowest BCUT2D eigenvalue weighted by Crippen LogP contribution is -2.42. The number of likely N-dealkylation sites (tertiary alicyclic amines) is 1. The van der Waals surface area contributed by atoms with E-state index in [4.69, 9.17) is 9.15 Å². The van der Waals surface area contributed by atoms with Crippen LogP contribution < -0.4 is 5.32 Å². The normalized spacial score (nSPS) is 15.9. The molecule has 0 atom stereocenters. The quantitative estimate of drug-likeness (QED) is 0.388. The predicted molar refractivity (Wildman–Crippen MR) is 128 cm³/mol. The third kappa shape index (κ3) is 6.40. The molecule has 1 aliphatic rings. The first-order chi connectivity index (χ1) is 17.6. The number of nitrogens with one attached hydrogen (secondary N) is 1. The number of carbonyl (C=O) groups is 2. The Bertz CT molecular complexity index is 1350. The SMILES string of the molecule is CC(C)(C)OC(=O)NCc1ccc(-c2cc3cc(C(=O)N4CCC(F)(F)CC4)cnc3cc2C(F)(F)F)o1. The van der Waals surface area contributed by atoms with Gasteiger partial charge in [0.2, 0.25) is 0 Å². The van der Waals surface area contributed by atoms with Crippen molar-refractivity contribution in [3.8, 4) is 11.3 Å². The highest BCUT2D eigenvalue weighted by Crippen LogP contribution is 2.40. The van der Waals surface area contributed by atoms with Gasteiger partial charge in [0.1, 0.15) is 17.1 Å². The Kier molecular flexibility index (Phi) is 7.11. The number of alkyl halides is 5. The lowest BCUT2D eigenvalue weighted by atomic mass is 10.00. The standard InChI is InChI=1S/C26H26F5N3O4/c1-24(2,3)38-23(36)33-14-17-4-5-21(37-17)18-11-15-10-16(13-32-20(15)12-19(18)26(29,30)31)22(35)34-8-6-25(27,28)7-9-34/h4-5,10-13H,6-9,14H2,1-3H3,(H,33,36). The predicted octanol–water partition coefficient (Wildman–Crippen LogP) is 6.41. The van der Waals surface area contributed by atoms with Crippen molar-refractivity contribution < 1.29 is 40.7 Å². The molecule has 4 rings (SSSR count). The van der Waals surface area contributed by atoms with Crippen molar-refractivity contribution in [1.29, 1.82) is 0 Å². The molecule has 7 nitrogen and oxygen atoms in total. The molecule has 0 unspecified atom stereocenters. The van der Waals surface area contributed by atoms with Crippen LogP contribution in [0.4, 0.5) is 26.7 Å². The van der Waals surface area contributed by atoms with Gasteiger partial charge in [0.25, 0.3) is 11.8 Å². The Labute approximate surface area is 214 Å². The van der Waals surface area contributed by atoms with Crippen LogP contribution in [-0.4, -0.2) is 46.5 Å². The minimum atomic E-state index is -4.74. The van der Waals surface area contributed by atoms with Gasteiger partial charge in [-0.25, -0.2) is 13.6 Å². The van der Waals surface area contributed by atoms with Gasteiger partial charge in [-0.2, -0.15) is 13.2 Å². The van der Waals surface area contributed by atoms with Crippen molar-refractivity contribution in [1.82, 2.24) is 15.2 Å². The third-order valence-electron chi connectivity index (χ3n) is 5.89. The van der Waals surface area contributed by atoms with Crippen LogP contribution in [0.1, 0.15) is 55.3 Å². The highest BCUT2D eigenvalue weighted by Gasteiger charge is 2.37. The minimum absolute atomic E-state index is 0.00109. The Morgan fingerprint density at radius 3 is 2.42 bits per heavy atom. The molecule has 38 heavy (non-hydrogen) atoms. The number of nitrogens with zero attached hydrogens (tertiary/aromatic N) is 2. The van der Waals surface area contributed by atoms with Crippen molar-refractivity contribution in [3.05, 3.63) is 53.4 Å². The number of furan rings is 1. The summed E-state index contributed by atoms with van der Waals surface area (Å²) in [6.07, 6.45) is -5.21. The van der Waals surface area contributed by atoms with Crippen LogP contribution in [0.3, 0.4) is 0 Å². The molecule has 1 N–H and O–H groups in total. The van der Waals surface area contributed by atoms with E-state index in [-0.39, 0.29) is 53.2 Å². The number of hydrogen-bond acceptors (Lipinski definition) is 5. The maximum Gasteiger partial charge on any atom is 0.417 e. The third-order valence-corrected chi connectivity index (χ3v) is 5.89. The fraction of sp³-hybridized carbons (Fsp3) is 0.423. The van der Waals surface area contributed by atoms with Gasteiger partial charge in [-0.15, -0.1) is 0 Å². The maximum absolute atomic E-state index is 13.9. The number of amides is 2. The number of benzene rings is 1. The first-order valence-electron chi connectivity index (χ1n) is 11.9. The highest BCUT2D eigenvalue weighted by atomic mass is 19.4. The number of pyridine rings is 1. The van der Waals surface area contributed by atoms with Gasteiger partial charge in [-0.3, -0.25) is 9.78 Å². The Hall–Kier alpha value is -3.70. The summed E-state index contributed by atoms with van der Waals surface area (Å²) < 4.78 is 79.4. The smallest absolute Gasteiger partial charge is 0.417 e. The maximum atomic E-state index is 13.9. The summed E-state index contributed by atoms with van der Waals surface area (Å²) in [6, 6.07) is 6.24. The number of carbonyl (C=O) groups excluding carboxylic acids is 2. The van der Waals surface area contributed by atoms with Crippen LogP contribution in [0.2, 0.25) is 0 Å². The van der Waals surface area contributed by atoms with Gasteiger partial charge in [0.05, 0.1) is 23.2 Å². The van der Waals surface area contributed by atoms with Crippen LogP contribution in [0.15, 0.2) is 40.9 Å². The zero-order chi connectivity index (χ0) is 27.9. The molecule has 1 saturated heterocycles. The number of rotatable bonds is 4. The Balaban J connectivity index is 1.62. The van der Waals surface area contributed by atoms with Crippen LogP contribution >= 0.6 is 0 Å². The lowest BCUT2D eigenvalue weighted by molar-refractivity contribution is -0.137. The van der Waals surface area contributed by atoms with Gasteiger partial charge < -0.3 is 19.4 Å². The molecule has 0 aliphatic carbocycles. The number of piperidine rings is 1. The molecule has 0 saturated carbocycles. The second-order valence-corrected chi connectivity index (χ2v) is 10.1. The van der Waals surface area contributed by atoms with Crippen LogP contribution in [-0.2, 0) is 17.5 Å². The summed E-state index contributed by atoms with van der Waals surface area (Å²) in [5, 5.41) is 2.72. The van der Waals surface area contributed by atoms with Gasteiger partial charge in [0.15, 0.2) is 0 Å². The zero-order valence-corrected chi connectivity index (χ0v) is 20.9. The first kappa shape index (κ1) is 27.3. The number of halogens is 5. The van der Waals surface area contributed by atoms with E-state index in [9.17, 15) is 31.5 Å². The van der Waals surface area contributed by atoms with Crippen LogP contribution in [0.25, 0.3) is 22.2 Å². The van der Waals surface area contributed by atoms with Gasteiger partial charge in [-0.1, -0.05) is 0 Å². The number of alkyl carbamates (subject to hydrolysis) is 1. The molecular formula is C26H26F5N3O4. The van der Waals surface area contributed by atoms with Crippen molar-refractivity contribution in [3.63, 3.8) is 0 Å². The fourth-order valence-electron chi connectivity index (χ4n) is 4.04. The lowest BCUT2D eigenvalue weighted by Gasteiger charge is -2.31. The average molecular weight is 540 g/mol. The molecule has 0 spiro atoms. The second kappa shape index (κ2) is 9.88. The fourth-order valence-corrected chi connectivity index (χ4v) is 4.04. The summed E-state index contributed by atoms with van der Waals surface area (Å²) in [5.41, 5.74) is -1.91. The number of fused-ring (bicyclic) bond motifs is 1. The van der Waals surface area contributed by atoms with Crippen molar-refractivity contribution in [2.75, 3.05) is 13.1 Å². The van der Waals surface area contributed by atoms with E-state index in [0.717, 1.165) is 12.3 Å². The van der Waals surface area contributed by atoms with E-state index in [1.165, 1.54) is 29.2 Å². The topological polar surface area (TPSA) is 84.7 Å². The van der Waals surface area contributed by atoms with E-state index in [1.807, 2.05) is 0 Å². The molecule has 1 fully saturated rings. The zero-order valence-electron chi connectivity index (χ0n) is 20.9. The summed E-state index contributed by atoms with van der Waals surface area (Å²) in [4.78, 5) is 30.0. The van der Waals surface area contributed by atoms with Gasteiger partial charge >= 0.3 is 12.3 Å². The van der Waals surface area contributed by atoms with Crippen LogP contribution in [0.5, 0.6) is 0 Å². The van der Waals surface area contributed by atoms with E-state index in [0.29, 0.717) is 0 Å². The largest absolute Gasteiger partial charge is 0.459 e. The molecule has 204 valence electrons. The van der Waals surface area contributed by atoms with Crippen molar-refractivity contribution in [2.45, 2.75) is 57.9 Å². The van der Waals surface area contributed by atoms with E-state index >= 15 is 0 Å². The summed E-state index contributed by atoms with van der Waals surface area (Å²) in [7, 11) is 0. The van der Waals surface area contributed by atoms with Gasteiger partial charge in [0, 0.05) is 43.1 Å². The minimum Gasteiger partial charge on any atom is -0.459 e. The van der Waals surface area contributed by atoms with Gasteiger partial charge in [-0.05, 0) is 51.1 Å². The van der Waals surface area contributed by atoms with E-state index in [2.05, 4.69) is 10.3 Å². The van der Waals surface area contributed by atoms with Crippen molar-refractivity contribution >= 4 is 22.9 Å². The monoisotopic (exact) mass is 539 g/mol. The molecule has 0 bridgehead atoms. The number of ether oxygens (including phenoxy) is 1. The van der Waals surface area contributed by atoms with Crippen LogP contribution in [0, 0.1) is 0 Å². The molecule has 2 amide bonds. The Morgan fingerprint density at radius 2 is 1.79 bits per heavy atom. The summed E-state index contributed by atoms with van der Waals surface area (Å²) in [5.74, 6) is -3.26. The highest BCUT2D eigenvalue weighted by molar-refractivity contribution is 5.98. The van der Waals surface area contributed by atoms with Crippen molar-refractivity contribution in [2.24, 2.45) is 0 Å². The molecule has 2 aromatic heterocycles. The molecule has 12 heteroatoms. The molecular weight excluding hydrogens is 513 g/mol. The average Bonchev–Trinajstić information content (AvgIpc) is 3.28. The number of hydrogen-bond donors (Lipinski definition) is 1. The second-order valence-electron chi connectivity index (χ2n) is 10.1. The Morgan fingerprint density at radius 1 is 1.11 bits per heavy atom. The molecule has 1 aromatic carbocycles. The molecule has 0 radical (unpaired) electrons. The molecule has 1 aliphatic heterocycles. The first-order valence-corrected chi connectivity index (χ1v) is 11.9. The summed E-state index contributed by atoms with van der Waals surface area (Å²) >= 11 is 0.